The molecule has 2 heteroatoms. The van der Waals surface area contributed by atoms with Crippen LogP contribution in [0, 0.1) is 11.2 Å². The number of halogens is 1. The summed E-state index contributed by atoms with van der Waals surface area (Å²) >= 11 is 0. The van der Waals surface area contributed by atoms with Crippen molar-refractivity contribution >= 4 is 0 Å². The van der Waals surface area contributed by atoms with Gasteiger partial charge in [-0.05, 0) is 42.7 Å². The lowest BCUT2D eigenvalue weighted by Crippen LogP contribution is -2.54. The van der Waals surface area contributed by atoms with Gasteiger partial charge in [0.2, 0.25) is 0 Å². The van der Waals surface area contributed by atoms with Gasteiger partial charge in [0, 0.05) is 12.0 Å². The van der Waals surface area contributed by atoms with E-state index < -0.39 is 0 Å². The average molecular weight is 263 g/mol. The summed E-state index contributed by atoms with van der Waals surface area (Å²) in [5, 5.41) is 0. The Morgan fingerprint density at radius 2 is 1.68 bits per heavy atom. The molecule has 0 aromatic heterocycles. The summed E-state index contributed by atoms with van der Waals surface area (Å²) < 4.78 is 14.1. The fourth-order valence-electron chi connectivity index (χ4n) is 4.26. The van der Waals surface area contributed by atoms with Crippen LogP contribution >= 0.6 is 0 Å². The summed E-state index contributed by atoms with van der Waals surface area (Å²) in [5.74, 6) is -0.0884. The summed E-state index contributed by atoms with van der Waals surface area (Å²) in [6.45, 7) is 5.04. The molecule has 2 rings (SSSR count). The number of rotatable bonds is 6. The van der Waals surface area contributed by atoms with E-state index in [1.54, 1.807) is 12.1 Å². The van der Waals surface area contributed by atoms with E-state index in [9.17, 15) is 4.39 Å². The Morgan fingerprint density at radius 1 is 1.11 bits per heavy atom. The van der Waals surface area contributed by atoms with Crippen LogP contribution in [0.25, 0.3) is 0 Å². The first-order valence-electron chi connectivity index (χ1n) is 7.56. The predicted molar refractivity (Wildman–Crippen MR) is 78.6 cm³/mol. The predicted octanol–water partition coefficient (Wildman–Crippen LogP) is 4.40. The first-order chi connectivity index (χ1) is 9.11. The molecule has 1 saturated carbocycles. The van der Waals surface area contributed by atoms with Crippen molar-refractivity contribution in [3.8, 4) is 0 Å². The first kappa shape index (κ1) is 14.5. The maximum Gasteiger partial charge on any atom is 0.127 e. The van der Waals surface area contributed by atoms with Crippen molar-refractivity contribution in [2.45, 2.75) is 57.8 Å². The second kappa shape index (κ2) is 5.62. The Kier molecular flexibility index (Phi) is 4.29. The standard InChI is InChI=1S/C17H26FN/c1-3-9-16(10-4-2)11-17(12-16,13-19)14-7-5-6-8-15(14)18/h5-8H,3-4,9-13,19H2,1-2H3. The smallest absolute Gasteiger partial charge is 0.127 e. The SMILES string of the molecule is CCCC1(CCC)CC(CN)(c2ccccc2F)C1. The number of nitrogens with two attached hydrogens (primary N) is 1. The highest BCUT2D eigenvalue weighted by atomic mass is 19.1. The minimum Gasteiger partial charge on any atom is -0.330 e. The zero-order valence-corrected chi connectivity index (χ0v) is 12.2. The summed E-state index contributed by atoms with van der Waals surface area (Å²) in [5.41, 5.74) is 7.14. The molecule has 0 spiro atoms. The Balaban J connectivity index is 2.22. The van der Waals surface area contributed by atoms with E-state index in [4.69, 9.17) is 5.73 Å². The quantitative estimate of drug-likeness (QED) is 0.808. The van der Waals surface area contributed by atoms with Gasteiger partial charge >= 0.3 is 0 Å². The Hall–Kier alpha value is -0.890. The Labute approximate surface area is 116 Å². The van der Waals surface area contributed by atoms with Gasteiger partial charge in [-0.3, -0.25) is 0 Å². The molecule has 1 aromatic rings. The molecule has 106 valence electrons. The second-order valence-corrected chi connectivity index (χ2v) is 6.32. The molecule has 1 aliphatic rings. The monoisotopic (exact) mass is 263 g/mol. The van der Waals surface area contributed by atoms with E-state index in [1.807, 2.05) is 12.1 Å². The van der Waals surface area contributed by atoms with Crippen LogP contribution in [0.1, 0.15) is 57.9 Å². The number of benzene rings is 1. The van der Waals surface area contributed by atoms with E-state index in [0.717, 1.165) is 18.4 Å². The van der Waals surface area contributed by atoms with Crippen molar-refractivity contribution in [2.24, 2.45) is 11.1 Å². The van der Waals surface area contributed by atoms with Crippen LogP contribution in [0.2, 0.25) is 0 Å². The largest absolute Gasteiger partial charge is 0.330 e. The molecule has 19 heavy (non-hydrogen) atoms. The second-order valence-electron chi connectivity index (χ2n) is 6.32. The summed E-state index contributed by atoms with van der Waals surface area (Å²) in [6.07, 6.45) is 7.02. The third-order valence-corrected chi connectivity index (χ3v) is 4.82. The molecule has 0 bridgehead atoms. The molecule has 0 unspecified atom stereocenters. The molecule has 0 aliphatic heterocycles. The molecule has 2 N–H and O–H groups in total. The van der Waals surface area contributed by atoms with Gasteiger partial charge in [0.15, 0.2) is 0 Å². The molecule has 0 saturated heterocycles. The minimum atomic E-state index is -0.115. The van der Waals surface area contributed by atoms with Gasteiger partial charge < -0.3 is 5.73 Å². The molecule has 1 aromatic carbocycles. The lowest BCUT2D eigenvalue weighted by molar-refractivity contribution is 0.00589. The fraction of sp³-hybridized carbons (Fsp3) is 0.647. The van der Waals surface area contributed by atoms with Gasteiger partial charge in [-0.15, -0.1) is 0 Å². The molecular formula is C17H26FN. The summed E-state index contributed by atoms with van der Waals surface area (Å²) in [6, 6.07) is 7.17. The third kappa shape index (κ3) is 2.55. The van der Waals surface area contributed by atoms with Crippen molar-refractivity contribution in [2.75, 3.05) is 6.54 Å². The van der Waals surface area contributed by atoms with Gasteiger partial charge in [0.1, 0.15) is 5.82 Å². The highest BCUT2D eigenvalue weighted by molar-refractivity contribution is 5.32. The highest BCUT2D eigenvalue weighted by Crippen LogP contribution is 2.60. The van der Waals surface area contributed by atoms with E-state index in [-0.39, 0.29) is 11.2 Å². The zero-order valence-electron chi connectivity index (χ0n) is 12.2. The fourth-order valence-corrected chi connectivity index (χ4v) is 4.26. The maximum absolute atomic E-state index is 14.1. The van der Waals surface area contributed by atoms with Gasteiger partial charge in [0.05, 0.1) is 0 Å². The number of hydrogen-bond donors (Lipinski definition) is 1. The van der Waals surface area contributed by atoms with E-state index in [1.165, 1.54) is 25.7 Å². The summed E-state index contributed by atoms with van der Waals surface area (Å²) in [7, 11) is 0. The van der Waals surface area contributed by atoms with Crippen molar-refractivity contribution in [1.29, 1.82) is 0 Å². The molecular weight excluding hydrogens is 237 g/mol. The van der Waals surface area contributed by atoms with Crippen LogP contribution in [-0.4, -0.2) is 6.54 Å². The lowest BCUT2D eigenvalue weighted by Gasteiger charge is -2.57. The van der Waals surface area contributed by atoms with Crippen LogP contribution in [0.5, 0.6) is 0 Å². The topological polar surface area (TPSA) is 26.0 Å². The van der Waals surface area contributed by atoms with Crippen LogP contribution < -0.4 is 5.73 Å². The zero-order chi connectivity index (χ0) is 13.9. The van der Waals surface area contributed by atoms with E-state index >= 15 is 0 Å². The van der Waals surface area contributed by atoms with Gasteiger partial charge in [-0.25, -0.2) is 4.39 Å². The van der Waals surface area contributed by atoms with Crippen LogP contribution in [0.15, 0.2) is 24.3 Å². The van der Waals surface area contributed by atoms with Crippen LogP contribution in [-0.2, 0) is 5.41 Å². The maximum atomic E-state index is 14.1. The number of hydrogen-bond acceptors (Lipinski definition) is 1. The Bertz CT molecular complexity index is 413. The molecule has 0 amide bonds. The molecule has 0 atom stereocenters. The first-order valence-corrected chi connectivity index (χ1v) is 7.56. The molecule has 1 aliphatic carbocycles. The van der Waals surface area contributed by atoms with E-state index in [2.05, 4.69) is 13.8 Å². The van der Waals surface area contributed by atoms with Gasteiger partial charge in [-0.2, -0.15) is 0 Å². The normalized spacial score (nSPS) is 20.0. The summed E-state index contributed by atoms with van der Waals surface area (Å²) in [4.78, 5) is 0. The van der Waals surface area contributed by atoms with Gasteiger partial charge in [-0.1, -0.05) is 44.9 Å². The van der Waals surface area contributed by atoms with Crippen molar-refractivity contribution in [3.05, 3.63) is 35.6 Å². The van der Waals surface area contributed by atoms with Gasteiger partial charge in [0.25, 0.3) is 0 Å². The molecule has 1 fully saturated rings. The third-order valence-electron chi connectivity index (χ3n) is 4.82. The van der Waals surface area contributed by atoms with Crippen molar-refractivity contribution < 1.29 is 4.39 Å². The molecule has 1 nitrogen and oxygen atoms in total. The van der Waals surface area contributed by atoms with Crippen molar-refractivity contribution in [3.63, 3.8) is 0 Å². The highest BCUT2D eigenvalue weighted by Gasteiger charge is 2.53. The van der Waals surface area contributed by atoms with Crippen LogP contribution in [0.4, 0.5) is 4.39 Å². The van der Waals surface area contributed by atoms with E-state index in [0.29, 0.717) is 12.0 Å². The van der Waals surface area contributed by atoms with Crippen molar-refractivity contribution in [1.82, 2.24) is 0 Å². The Morgan fingerprint density at radius 3 is 2.16 bits per heavy atom. The average Bonchev–Trinajstić information content (AvgIpc) is 2.36. The molecule has 0 heterocycles. The minimum absolute atomic E-state index is 0.0884. The molecule has 0 radical (unpaired) electrons. The van der Waals surface area contributed by atoms with Crippen LogP contribution in [0.3, 0.4) is 0 Å². The lowest BCUT2D eigenvalue weighted by atomic mass is 9.48.